The highest BCUT2D eigenvalue weighted by molar-refractivity contribution is 4.98. The van der Waals surface area contributed by atoms with E-state index < -0.39 is 0 Å². The normalized spacial score (nSPS) is 43.4. The Kier molecular flexibility index (Phi) is 2.71. The minimum Gasteiger partial charge on any atom is -0.380 e. The molecule has 1 N–H and O–H groups in total. The molecule has 0 aromatic heterocycles. The van der Waals surface area contributed by atoms with Crippen LogP contribution in [0.2, 0.25) is 0 Å². The lowest BCUT2D eigenvalue weighted by Crippen LogP contribution is -2.49. The molecule has 15 heavy (non-hydrogen) atoms. The lowest BCUT2D eigenvalue weighted by Gasteiger charge is -2.38. The summed E-state index contributed by atoms with van der Waals surface area (Å²) in [6.07, 6.45) is 4.17. The van der Waals surface area contributed by atoms with Crippen LogP contribution in [-0.4, -0.2) is 50.3 Å². The summed E-state index contributed by atoms with van der Waals surface area (Å²) in [4.78, 5) is 2.60. The highest BCUT2D eigenvalue weighted by atomic mass is 16.5. The van der Waals surface area contributed by atoms with Crippen molar-refractivity contribution in [2.75, 3.05) is 33.4 Å². The van der Waals surface area contributed by atoms with Crippen LogP contribution in [-0.2, 0) is 4.74 Å². The van der Waals surface area contributed by atoms with E-state index in [1.165, 1.54) is 25.8 Å². The van der Waals surface area contributed by atoms with Crippen molar-refractivity contribution >= 4 is 0 Å². The van der Waals surface area contributed by atoms with Crippen molar-refractivity contribution in [2.45, 2.75) is 31.3 Å². The van der Waals surface area contributed by atoms with E-state index in [-0.39, 0.29) is 0 Å². The van der Waals surface area contributed by atoms with Crippen molar-refractivity contribution in [3.05, 3.63) is 0 Å². The highest BCUT2D eigenvalue weighted by Crippen LogP contribution is 2.41. The number of likely N-dealkylation sites (N-methyl/N-ethyl adjacent to an activating group) is 1. The minimum absolute atomic E-state index is 0.620. The van der Waals surface area contributed by atoms with E-state index >= 15 is 0 Å². The van der Waals surface area contributed by atoms with Crippen molar-refractivity contribution in [3.63, 3.8) is 0 Å². The molecule has 3 aliphatic rings. The molecule has 3 heteroatoms. The number of nitrogens with one attached hydrogen (secondary N) is 1. The van der Waals surface area contributed by atoms with Gasteiger partial charge < -0.3 is 15.0 Å². The molecule has 0 aromatic carbocycles. The Morgan fingerprint density at radius 3 is 2.93 bits per heavy atom. The van der Waals surface area contributed by atoms with Crippen LogP contribution < -0.4 is 5.32 Å². The first-order chi connectivity index (χ1) is 7.36. The number of hydrogen-bond acceptors (Lipinski definition) is 3. The average Bonchev–Trinajstić information content (AvgIpc) is 3.03. The van der Waals surface area contributed by atoms with Crippen LogP contribution >= 0.6 is 0 Å². The summed E-state index contributed by atoms with van der Waals surface area (Å²) in [7, 11) is 2.31. The van der Waals surface area contributed by atoms with Crippen molar-refractivity contribution in [1.82, 2.24) is 10.2 Å². The quantitative estimate of drug-likeness (QED) is 0.689. The van der Waals surface area contributed by atoms with Crippen molar-refractivity contribution < 1.29 is 4.74 Å². The maximum atomic E-state index is 5.60. The Hall–Kier alpha value is -0.120. The topological polar surface area (TPSA) is 24.5 Å². The van der Waals surface area contributed by atoms with Gasteiger partial charge in [-0.15, -0.1) is 0 Å². The van der Waals surface area contributed by atoms with Crippen LogP contribution in [0.25, 0.3) is 0 Å². The molecule has 1 saturated carbocycles. The third kappa shape index (κ3) is 1.93. The smallest absolute Gasteiger partial charge is 0.0622 e. The first kappa shape index (κ1) is 10.1. The second-order valence-electron chi connectivity index (χ2n) is 5.40. The fourth-order valence-corrected chi connectivity index (χ4v) is 3.42. The molecular weight excluding hydrogens is 188 g/mol. The van der Waals surface area contributed by atoms with E-state index in [1.807, 2.05) is 0 Å². The molecule has 0 radical (unpaired) electrons. The molecular formula is C12H22N2O. The van der Waals surface area contributed by atoms with Gasteiger partial charge in [0.1, 0.15) is 0 Å². The van der Waals surface area contributed by atoms with E-state index in [4.69, 9.17) is 4.74 Å². The molecule has 2 saturated heterocycles. The van der Waals surface area contributed by atoms with Crippen LogP contribution in [0.1, 0.15) is 19.3 Å². The van der Waals surface area contributed by atoms with Crippen molar-refractivity contribution in [3.8, 4) is 0 Å². The number of hydrogen-bond donors (Lipinski definition) is 1. The number of nitrogens with zero attached hydrogens (tertiary/aromatic N) is 1. The Labute approximate surface area is 92.2 Å². The van der Waals surface area contributed by atoms with Crippen LogP contribution in [0.5, 0.6) is 0 Å². The summed E-state index contributed by atoms with van der Waals surface area (Å²) in [5, 5.41) is 3.66. The van der Waals surface area contributed by atoms with E-state index in [2.05, 4.69) is 17.3 Å². The van der Waals surface area contributed by atoms with Crippen molar-refractivity contribution in [2.24, 2.45) is 11.8 Å². The Balaban J connectivity index is 1.79. The fraction of sp³-hybridized carbons (Fsp3) is 1.00. The van der Waals surface area contributed by atoms with Crippen LogP contribution in [0, 0.1) is 11.8 Å². The molecule has 3 atom stereocenters. The number of fused-ring (bicyclic) bond motifs is 1. The van der Waals surface area contributed by atoms with Gasteiger partial charge in [0.2, 0.25) is 0 Å². The largest absolute Gasteiger partial charge is 0.380 e. The molecule has 3 rings (SSSR count). The first-order valence-electron chi connectivity index (χ1n) is 6.37. The molecule has 2 aliphatic heterocycles. The third-order valence-corrected chi connectivity index (χ3v) is 4.33. The molecule has 1 aliphatic carbocycles. The Bertz CT molecular complexity index is 230. The SMILES string of the molecule is CN1CCNC2COCC[C@H]2[C@@H]1C1CC1. The molecule has 0 bridgehead atoms. The van der Waals surface area contributed by atoms with Gasteiger partial charge in [-0.1, -0.05) is 0 Å². The van der Waals surface area contributed by atoms with Crippen LogP contribution in [0.15, 0.2) is 0 Å². The van der Waals surface area contributed by atoms with E-state index in [9.17, 15) is 0 Å². The van der Waals surface area contributed by atoms with Gasteiger partial charge in [-0.2, -0.15) is 0 Å². The summed E-state index contributed by atoms with van der Waals surface area (Å²) in [5.41, 5.74) is 0. The molecule has 0 spiro atoms. The van der Waals surface area contributed by atoms with Gasteiger partial charge in [0, 0.05) is 31.8 Å². The first-order valence-corrected chi connectivity index (χ1v) is 6.37. The van der Waals surface area contributed by atoms with Gasteiger partial charge in [-0.3, -0.25) is 0 Å². The Morgan fingerprint density at radius 1 is 1.27 bits per heavy atom. The monoisotopic (exact) mass is 210 g/mol. The Morgan fingerprint density at radius 2 is 2.13 bits per heavy atom. The molecule has 3 nitrogen and oxygen atoms in total. The van der Waals surface area contributed by atoms with Gasteiger partial charge in [0.05, 0.1) is 6.61 Å². The molecule has 2 heterocycles. The van der Waals surface area contributed by atoms with Gasteiger partial charge >= 0.3 is 0 Å². The highest BCUT2D eigenvalue weighted by Gasteiger charge is 2.44. The van der Waals surface area contributed by atoms with E-state index in [0.29, 0.717) is 6.04 Å². The average molecular weight is 210 g/mol. The van der Waals surface area contributed by atoms with E-state index in [0.717, 1.165) is 37.6 Å². The minimum atomic E-state index is 0.620. The standard InChI is InChI=1S/C12H22N2O/c1-14-6-5-13-11-8-15-7-4-10(11)12(14)9-2-3-9/h9-13H,2-8H2,1H3/t10-,11?,12+/m1/s1. The second-order valence-corrected chi connectivity index (χ2v) is 5.40. The van der Waals surface area contributed by atoms with Crippen LogP contribution in [0.3, 0.4) is 0 Å². The zero-order valence-electron chi connectivity index (χ0n) is 9.61. The predicted octanol–water partition coefficient (Wildman–Crippen LogP) is 0.705. The molecule has 1 unspecified atom stereocenters. The summed E-state index contributed by atoms with van der Waals surface area (Å²) in [5.74, 6) is 1.82. The molecule has 0 aromatic rings. The van der Waals surface area contributed by atoms with E-state index in [1.54, 1.807) is 0 Å². The molecule has 0 amide bonds. The lowest BCUT2D eigenvalue weighted by atomic mass is 9.84. The second kappa shape index (κ2) is 4.04. The number of rotatable bonds is 1. The van der Waals surface area contributed by atoms with Gasteiger partial charge in [0.15, 0.2) is 0 Å². The maximum absolute atomic E-state index is 5.60. The lowest BCUT2D eigenvalue weighted by molar-refractivity contribution is 0.0118. The summed E-state index contributed by atoms with van der Waals surface area (Å²) in [6, 6.07) is 1.45. The van der Waals surface area contributed by atoms with Gasteiger partial charge in [-0.05, 0) is 38.1 Å². The van der Waals surface area contributed by atoms with Gasteiger partial charge in [0.25, 0.3) is 0 Å². The zero-order chi connectivity index (χ0) is 10.3. The van der Waals surface area contributed by atoms with Gasteiger partial charge in [-0.25, -0.2) is 0 Å². The zero-order valence-corrected chi connectivity index (χ0v) is 9.61. The maximum Gasteiger partial charge on any atom is 0.0622 e. The summed E-state index contributed by atoms with van der Waals surface area (Å²) < 4.78 is 5.60. The summed E-state index contributed by atoms with van der Waals surface area (Å²) >= 11 is 0. The molecule has 3 fully saturated rings. The molecule has 86 valence electrons. The van der Waals surface area contributed by atoms with Crippen molar-refractivity contribution in [1.29, 1.82) is 0 Å². The fourth-order valence-electron chi connectivity index (χ4n) is 3.42. The predicted molar refractivity (Wildman–Crippen MR) is 59.9 cm³/mol. The summed E-state index contributed by atoms with van der Waals surface area (Å²) in [6.45, 7) is 4.24. The third-order valence-electron chi connectivity index (χ3n) is 4.33. The van der Waals surface area contributed by atoms with Crippen LogP contribution in [0.4, 0.5) is 0 Å². The number of ether oxygens (including phenoxy) is 1.